The smallest absolute Gasteiger partial charge is 0.323 e. The number of hydrogen-bond donors (Lipinski definition) is 1. The van der Waals surface area contributed by atoms with Crippen LogP contribution in [-0.4, -0.2) is 75.6 Å². The summed E-state index contributed by atoms with van der Waals surface area (Å²) in [5.74, 6) is -4.59. The summed E-state index contributed by atoms with van der Waals surface area (Å²) < 4.78 is 73.4. The number of halogens is 2. The first kappa shape index (κ1) is 35.6. The van der Waals surface area contributed by atoms with E-state index < -0.39 is 54.9 Å². The van der Waals surface area contributed by atoms with E-state index in [1.165, 1.54) is 7.11 Å². The third kappa shape index (κ3) is 10.4. The molecule has 2 N–H and O–H groups in total. The third-order valence-corrected chi connectivity index (χ3v) is 7.47. The number of ether oxygens (including phenoxy) is 7. The Morgan fingerprint density at radius 1 is 0.804 bits per heavy atom. The molecule has 0 aliphatic carbocycles. The molecule has 46 heavy (non-hydrogen) atoms. The predicted molar refractivity (Wildman–Crippen MR) is 166 cm³/mol. The van der Waals surface area contributed by atoms with Gasteiger partial charge in [0, 0.05) is 13.5 Å². The number of hydrogen-bond acceptors (Lipinski definition) is 9. The minimum atomic E-state index is -3.65. The van der Waals surface area contributed by atoms with Crippen LogP contribution in [0.4, 0.5) is 8.78 Å². The van der Waals surface area contributed by atoms with Gasteiger partial charge in [0.15, 0.2) is 6.10 Å². The van der Waals surface area contributed by atoms with Gasteiger partial charge in [-0.25, -0.2) is 8.78 Å². The molecule has 11 heteroatoms. The average molecular weight is 644 g/mol. The van der Waals surface area contributed by atoms with Crippen molar-refractivity contribution in [3.63, 3.8) is 0 Å². The summed E-state index contributed by atoms with van der Waals surface area (Å²) in [7, 11) is 1.39. The van der Waals surface area contributed by atoms with Crippen molar-refractivity contribution in [2.75, 3.05) is 27.1 Å². The molecule has 0 aromatic heterocycles. The zero-order valence-corrected chi connectivity index (χ0v) is 26.2. The normalized spacial score (nSPS) is 22.3. The molecule has 1 heterocycles. The summed E-state index contributed by atoms with van der Waals surface area (Å²) in [5.41, 5.74) is 8.47. The van der Waals surface area contributed by atoms with Crippen LogP contribution in [0.5, 0.6) is 0 Å². The second-order valence-corrected chi connectivity index (χ2v) is 11.0. The van der Waals surface area contributed by atoms with Crippen LogP contribution < -0.4 is 5.73 Å². The van der Waals surface area contributed by atoms with E-state index in [9.17, 15) is 4.79 Å². The lowest BCUT2D eigenvalue weighted by Gasteiger charge is -2.48. The van der Waals surface area contributed by atoms with E-state index in [1.54, 1.807) is 6.92 Å². The number of carbonyl (C=O) groups excluding carboxylic acids is 1. The fraction of sp³-hybridized carbons (Fsp3) is 0.457. The molecule has 6 atom stereocenters. The van der Waals surface area contributed by atoms with Crippen LogP contribution in [0.25, 0.3) is 0 Å². The van der Waals surface area contributed by atoms with Crippen LogP contribution in [0.3, 0.4) is 0 Å². The van der Waals surface area contributed by atoms with E-state index in [2.05, 4.69) is 0 Å². The molecule has 9 nitrogen and oxygen atoms in total. The van der Waals surface area contributed by atoms with Gasteiger partial charge < -0.3 is 38.9 Å². The van der Waals surface area contributed by atoms with Crippen molar-refractivity contribution >= 4 is 5.97 Å². The van der Waals surface area contributed by atoms with Crippen LogP contribution in [0, 0.1) is 0 Å². The van der Waals surface area contributed by atoms with Crippen molar-refractivity contribution in [3.8, 4) is 0 Å². The Balaban J connectivity index is 1.67. The van der Waals surface area contributed by atoms with Crippen LogP contribution >= 0.6 is 0 Å². The number of methoxy groups -OCH3 is 1. The van der Waals surface area contributed by atoms with Gasteiger partial charge in [-0.1, -0.05) is 91.0 Å². The Bertz CT molecular complexity index is 1290. The van der Waals surface area contributed by atoms with Gasteiger partial charge in [-0.2, -0.15) is 0 Å². The third-order valence-electron chi connectivity index (χ3n) is 7.47. The molecule has 4 rings (SSSR count). The second kappa shape index (κ2) is 18.2. The zero-order chi connectivity index (χ0) is 32.8. The summed E-state index contributed by atoms with van der Waals surface area (Å²) in [6, 6.07) is 26.7. The number of esters is 1. The first-order chi connectivity index (χ1) is 22.3. The Morgan fingerprint density at radius 3 is 1.85 bits per heavy atom. The van der Waals surface area contributed by atoms with Crippen molar-refractivity contribution in [3.05, 3.63) is 108 Å². The largest absolute Gasteiger partial charge is 0.465 e. The van der Waals surface area contributed by atoms with E-state index in [-0.39, 0.29) is 39.8 Å². The summed E-state index contributed by atoms with van der Waals surface area (Å²) in [6.45, 7) is 1.63. The number of benzene rings is 3. The maximum Gasteiger partial charge on any atom is 0.323 e. The van der Waals surface area contributed by atoms with E-state index in [1.807, 2.05) is 91.0 Å². The fourth-order valence-electron chi connectivity index (χ4n) is 5.25. The lowest BCUT2D eigenvalue weighted by Crippen LogP contribution is -2.66. The topological polar surface area (TPSA) is 108 Å². The number of carbonyl (C=O) groups is 1. The van der Waals surface area contributed by atoms with E-state index >= 15 is 8.78 Å². The predicted octanol–water partition coefficient (Wildman–Crippen LogP) is 5.05. The van der Waals surface area contributed by atoms with Crippen molar-refractivity contribution < 1.29 is 46.7 Å². The lowest BCUT2D eigenvalue weighted by molar-refractivity contribution is -0.317. The first-order valence-corrected chi connectivity index (χ1v) is 15.3. The number of alkyl halides is 2. The maximum absolute atomic E-state index is 16.2. The van der Waals surface area contributed by atoms with Gasteiger partial charge in [-0.15, -0.1) is 0 Å². The lowest BCUT2D eigenvalue weighted by atomic mass is 9.89. The van der Waals surface area contributed by atoms with Crippen LogP contribution in [0.1, 0.15) is 30.0 Å². The summed E-state index contributed by atoms with van der Waals surface area (Å²) >= 11 is 0. The van der Waals surface area contributed by atoms with Gasteiger partial charge in [-0.3, -0.25) is 4.79 Å². The molecule has 0 amide bonds. The Morgan fingerprint density at radius 2 is 1.33 bits per heavy atom. The highest BCUT2D eigenvalue weighted by Gasteiger charge is 2.58. The molecule has 0 spiro atoms. The van der Waals surface area contributed by atoms with E-state index in [4.69, 9.17) is 38.9 Å². The number of rotatable bonds is 18. The molecule has 0 bridgehead atoms. The molecular formula is C35H43F2NO8. The van der Waals surface area contributed by atoms with Gasteiger partial charge in [-0.05, 0) is 23.6 Å². The highest BCUT2D eigenvalue weighted by atomic mass is 19.3. The molecule has 1 aliphatic heterocycles. The van der Waals surface area contributed by atoms with Gasteiger partial charge >= 0.3 is 5.97 Å². The molecule has 0 saturated carbocycles. The quantitative estimate of drug-likeness (QED) is 0.151. The van der Waals surface area contributed by atoms with Crippen LogP contribution in [0.2, 0.25) is 0 Å². The van der Waals surface area contributed by atoms with Gasteiger partial charge in [0.05, 0.1) is 33.0 Å². The van der Waals surface area contributed by atoms with Crippen molar-refractivity contribution in [1.82, 2.24) is 0 Å². The molecular weight excluding hydrogens is 600 g/mol. The monoisotopic (exact) mass is 643 g/mol. The molecule has 3 aromatic carbocycles. The minimum Gasteiger partial charge on any atom is -0.465 e. The Labute approximate surface area is 268 Å². The van der Waals surface area contributed by atoms with E-state index in [0.29, 0.717) is 0 Å². The highest BCUT2D eigenvalue weighted by molar-refractivity contribution is 5.75. The second-order valence-electron chi connectivity index (χ2n) is 11.0. The number of nitrogens with two attached hydrogens (primary N) is 1. The Hall–Kier alpha value is -3.29. The highest BCUT2D eigenvalue weighted by Crippen LogP contribution is 2.39. The molecule has 3 aromatic rings. The molecule has 1 fully saturated rings. The van der Waals surface area contributed by atoms with E-state index in [0.717, 1.165) is 16.7 Å². The Kier molecular flexibility index (Phi) is 14.0. The van der Waals surface area contributed by atoms with Crippen molar-refractivity contribution in [1.29, 1.82) is 0 Å². The van der Waals surface area contributed by atoms with Crippen molar-refractivity contribution in [2.45, 2.75) is 75.6 Å². The minimum absolute atomic E-state index is 0.00820. The molecule has 1 aliphatic rings. The maximum atomic E-state index is 16.2. The first-order valence-electron chi connectivity index (χ1n) is 15.3. The van der Waals surface area contributed by atoms with Gasteiger partial charge in [0.1, 0.15) is 37.3 Å². The zero-order valence-electron chi connectivity index (χ0n) is 26.2. The summed E-state index contributed by atoms with van der Waals surface area (Å²) in [4.78, 5) is 12.3. The molecule has 0 radical (unpaired) electrons. The van der Waals surface area contributed by atoms with Crippen LogP contribution in [-0.2, 0) is 57.8 Å². The van der Waals surface area contributed by atoms with Gasteiger partial charge in [0.2, 0.25) is 0 Å². The molecule has 250 valence electrons. The molecule has 1 saturated heterocycles. The summed E-state index contributed by atoms with van der Waals surface area (Å²) in [5, 5.41) is 0. The fourth-order valence-corrected chi connectivity index (χ4v) is 5.25. The standard InChI is InChI=1S/C35H43F2NO8/c1-3-42-34(39)28(38)19-35(36,37)33-32(45-24-40-2)31(44-22-27-17-11-6-12-18-27)30(43-21-26-15-9-5-10-16-26)29(46-33)23-41-20-25-13-7-4-8-14-25/h4-18,28-33H,3,19-24,38H2,1-2H3. The van der Waals surface area contributed by atoms with Crippen molar-refractivity contribution in [2.24, 2.45) is 5.73 Å². The van der Waals surface area contributed by atoms with Gasteiger partial charge in [0.25, 0.3) is 5.92 Å². The van der Waals surface area contributed by atoms with Crippen LogP contribution in [0.15, 0.2) is 91.0 Å². The SMILES string of the molecule is CCOC(=O)C(N)CC(F)(F)C1OC(COCc2ccccc2)C(OCc2ccccc2)C(OCc2ccccc2)C1OCOC. The molecule has 6 unspecified atom stereocenters. The summed E-state index contributed by atoms with van der Waals surface area (Å²) in [6.07, 6.45) is -7.28. The average Bonchev–Trinajstić information content (AvgIpc) is 3.07.